The topological polar surface area (TPSA) is 101 Å². The number of fused-ring (bicyclic) bond motifs is 1. The van der Waals surface area contributed by atoms with E-state index in [-0.39, 0.29) is 16.8 Å². The minimum atomic E-state index is -3.77. The first-order valence-electron chi connectivity index (χ1n) is 12.9. The molecule has 198 valence electrons. The van der Waals surface area contributed by atoms with Gasteiger partial charge in [-0.25, -0.2) is 18.1 Å². The second kappa shape index (κ2) is 10.6. The minimum Gasteiger partial charge on any atom is -0.347 e. The molecule has 0 bridgehead atoms. The summed E-state index contributed by atoms with van der Waals surface area (Å²) in [5.74, 6) is -0.170. The molecule has 0 atom stereocenters. The van der Waals surface area contributed by atoms with E-state index in [0.717, 1.165) is 47.1 Å². The van der Waals surface area contributed by atoms with Crippen LogP contribution in [0.2, 0.25) is 0 Å². The second-order valence-electron chi connectivity index (χ2n) is 10.8. The van der Waals surface area contributed by atoms with Crippen LogP contribution in [0.1, 0.15) is 62.7 Å². The van der Waals surface area contributed by atoms with Crippen molar-refractivity contribution in [1.29, 1.82) is 0 Å². The number of sulfonamides is 1. The molecule has 1 aliphatic rings. The van der Waals surface area contributed by atoms with Crippen molar-refractivity contribution in [2.45, 2.75) is 69.4 Å². The van der Waals surface area contributed by atoms with E-state index in [4.69, 9.17) is 4.98 Å². The molecule has 38 heavy (non-hydrogen) atoms. The molecule has 4 aromatic rings. The van der Waals surface area contributed by atoms with Gasteiger partial charge in [-0.1, -0.05) is 49.6 Å². The molecule has 0 spiro atoms. The van der Waals surface area contributed by atoms with Gasteiger partial charge in [-0.15, -0.1) is 11.3 Å². The zero-order chi connectivity index (χ0) is 26.9. The van der Waals surface area contributed by atoms with E-state index in [2.05, 4.69) is 15.0 Å². The molecular weight excluding hydrogens is 516 g/mol. The molecule has 1 amide bonds. The molecule has 5 rings (SSSR count). The molecule has 9 heteroatoms. The predicted octanol–water partition coefficient (Wildman–Crippen LogP) is 6.16. The summed E-state index contributed by atoms with van der Waals surface area (Å²) < 4.78 is 29.4. The summed E-state index contributed by atoms with van der Waals surface area (Å²) in [6.07, 6.45) is 8.87. The summed E-state index contributed by atoms with van der Waals surface area (Å²) in [7, 11) is -3.77. The molecule has 2 heterocycles. The number of nitrogens with one attached hydrogen (secondary N) is 2. The summed E-state index contributed by atoms with van der Waals surface area (Å²) in [5, 5.41) is 4.95. The number of pyridine rings is 1. The van der Waals surface area contributed by atoms with E-state index in [1.54, 1.807) is 18.5 Å². The number of rotatable bonds is 6. The lowest BCUT2D eigenvalue weighted by molar-refractivity contribution is 0.0927. The van der Waals surface area contributed by atoms with Crippen molar-refractivity contribution >= 4 is 38.0 Å². The van der Waals surface area contributed by atoms with E-state index < -0.39 is 15.6 Å². The molecule has 0 saturated heterocycles. The van der Waals surface area contributed by atoms with Gasteiger partial charge in [0, 0.05) is 40.5 Å². The Balaban J connectivity index is 1.63. The van der Waals surface area contributed by atoms with Crippen molar-refractivity contribution in [2.75, 3.05) is 0 Å². The first-order chi connectivity index (χ1) is 18.1. The normalized spacial score (nSPS) is 15.0. The van der Waals surface area contributed by atoms with E-state index in [9.17, 15) is 13.2 Å². The Morgan fingerprint density at radius 1 is 0.974 bits per heavy atom. The standard InChI is InChI=1S/C29H32N4O3S2/c1-29(2,3)33-38(35,36)24-16-15-23(21-13-7-8-14-22(21)24)26-25(19-10-9-17-30-18-19)32-28(37-26)27(34)31-20-11-5-4-6-12-20/h7-10,13-18,20,33H,4-6,11-12H2,1-3H3,(H,31,34). The molecule has 7 nitrogen and oxygen atoms in total. The SMILES string of the molecule is CC(C)(C)NS(=O)(=O)c1ccc(-c2sc(C(=O)NC3CCCCC3)nc2-c2cccnc2)c2ccccc12. The van der Waals surface area contributed by atoms with Crippen molar-refractivity contribution < 1.29 is 13.2 Å². The van der Waals surface area contributed by atoms with Gasteiger partial charge in [0.15, 0.2) is 5.01 Å². The third kappa shape index (κ3) is 5.65. The van der Waals surface area contributed by atoms with Crippen molar-refractivity contribution in [3.05, 3.63) is 65.9 Å². The molecular formula is C29H32N4O3S2. The molecule has 0 aliphatic heterocycles. The van der Waals surface area contributed by atoms with Crippen LogP contribution in [0.25, 0.3) is 32.5 Å². The lowest BCUT2D eigenvalue weighted by atomic mass is 9.95. The van der Waals surface area contributed by atoms with E-state index in [1.165, 1.54) is 17.8 Å². The monoisotopic (exact) mass is 548 g/mol. The van der Waals surface area contributed by atoms with Crippen LogP contribution in [0, 0.1) is 0 Å². The summed E-state index contributed by atoms with van der Waals surface area (Å²) in [6, 6.07) is 14.8. The van der Waals surface area contributed by atoms with Crippen LogP contribution in [0.3, 0.4) is 0 Å². The van der Waals surface area contributed by atoms with Crippen LogP contribution < -0.4 is 10.0 Å². The molecule has 2 N–H and O–H groups in total. The Labute approximate surface area is 227 Å². The zero-order valence-electron chi connectivity index (χ0n) is 21.8. The lowest BCUT2D eigenvalue weighted by Crippen LogP contribution is -2.40. The first-order valence-corrected chi connectivity index (χ1v) is 15.2. The smallest absolute Gasteiger partial charge is 0.280 e. The number of hydrogen-bond acceptors (Lipinski definition) is 6. The zero-order valence-corrected chi connectivity index (χ0v) is 23.5. The average molecular weight is 549 g/mol. The Bertz CT molecular complexity index is 1570. The van der Waals surface area contributed by atoms with Crippen LogP contribution in [0.15, 0.2) is 65.8 Å². The molecule has 2 aromatic heterocycles. The number of benzene rings is 2. The van der Waals surface area contributed by atoms with E-state index >= 15 is 0 Å². The van der Waals surface area contributed by atoms with Gasteiger partial charge in [0.1, 0.15) is 0 Å². The third-order valence-electron chi connectivity index (χ3n) is 6.56. The summed E-state index contributed by atoms with van der Waals surface area (Å²) in [4.78, 5) is 23.3. The first kappa shape index (κ1) is 26.5. The van der Waals surface area contributed by atoms with Crippen LogP contribution >= 0.6 is 11.3 Å². The highest BCUT2D eigenvalue weighted by Crippen LogP contribution is 2.41. The van der Waals surface area contributed by atoms with E-state index in [1.807, 2.05) is 63.2 Å². The number of amides is 1. The summed E-state index contributed by atoms with van der Waals surface area (Å²) in [6.45, 7) is 5.45. The largest absolute Gasteiger partial charge is 0.347 e. The number of nitrogens with zero attached hydrogens (tertiary/aromatic N) is 2. The van der Waals surface area contributed by atoms with Gasteiger partial charge in [-0.3, -0.25) is 9.78 Å². The molecule has 1 fully saturated rings. The molecule has 1 saturated carbocycles. The minimum absolute atomic E-state index is 0.170. The predicted molar refractivity (Wildman–Crippen MR) is 153 cm³/mol. The molecule has 1 aliphatic carbocycles. The van der Waals surface area contributed by atoms with E-state index in [0.29, 0.717) is 16.1 Å². The van der Waals surface area contributed by atoms with Gasteiger partial charge < -0.3 is 5.32 Å². The highest BCUT2D eigenvalue weighted by molar-refractivity contribution is 7.89. The molecule has 0 unspecified atom stereocenters. The van der Waals surface area contributed by atoms with Gasteiger partial charge in [-0.05, 0) is 57.2 Å². The third-order valence-corrected chi connectivity index (χ3v) is 9.46. The van der Waals surface area contributed by atoms with Gasteiger partial charge in [0.2, 0.25) is 10.0 Å². The van der Waals surface area contributed by atoms with Gasteiger partial charge in [0.05, 0.1) is 15.5 Å². The van der Waals surface area contributed by atoms with Crippen LogP contribution in [0.4, 0.5) is 0 Å². The van der Waals surface area contributed by atoms with Gasteiger partial charge in [-0.2, -0.15) is 0 Å². The van der Waals surface area contributed by atoms with Crippen molar-refractivity contribution in [3.63, 3.8) is 0 Å². The quantitative estimate of drug-likeness (QED) is 0.300. The average Bonchev–Trinajstić information content (AvgIpc) is 3.33. The maximum Gasteiger partial charge on any atom is 0.280 e. The number of hydrogen-bond donors (Lipinski definition) is 2. The van der Waals surface area contributed by atoms with Crippen molar-refractivity contribution in [3.8, 4) is 21.7 Å². The molecule has 2 aromatic carbocycles. The number of carbonyl (C=O) groups is 1. The Hall–Kier alpha value is -3.14. The Morgan fingerprint density at radius 2 is 1.71 bits per heavy atom. The maximum atomic E-state index is 13.3. The van der Waals surface area contributed by atoms with Gasteiger partial charge >= 0.3 is 0 Å². The molecule has 0 radical (unpaired) electrons. The Kier molecular flexibility index (Phi) is 7.35. The highest BCUT2D eigenvalue weighted by atomic mass is 32.2. The van der Waals surface area contributed by atoms with Crippen molar-refractivity contribution in [1.82, 2.24) is 20.0 Å². The Morgan fingerprint density at radius 3 is 2.39 bits per heavy atom. The second-order valence-corrected chi connectivity index (χ2v) is 13.4. The van der Waals surface area contributed by atoms with Gasteiger partial charge in [0.25, 0.3) is 5.91 Å². The number of thiazole rings is 1. The van der Waals surface area contributed by atoms with Crippen LogP contribution in [-0.4, -0.2) is 35.9 Å². The fraction of sp³-hybridized carbons (Fsp3) is 0.345. The van der Waals surface area contributed by atoms with Crippen molar-refractivity contribution in [2.24, 2.45) is 0 Å². The highest BCUT2D eigenvalue weighted by Gasteiger charge is 2.27. The maximum absolute atomic E-state index is 13.3. The fourth-order valence-electron chi connectivity index (χ4n) is 4.95. The number of carbonyl (C=O) groups excluding carboxylic acids is 1. The summed E-state index contributed by atoms with van der Waals surface area (Å²) in [5.41, 5.74) is 1.66. The fourth-order valence-corrected chi connectivity index (χ4v) is 7.62. The summed E-state index contributed by atoms with van der Waals surface area (Å²) >= 11 is 1.33. The van der Waals surface area contributed by atoms with Crippen LogP contribution in [0.5, 0.6) is 0 Å². The van der Waals surface area contributed by atoms with Crippen LogP contribution in [-0.2, 0) is 10.0 Å². The number of aromatic nitrogens is 2. The lowest BCUT2D eigenvalue weighted by Gasteiger charge is -2.22.